The Balaban J connectivity index is 1.86. The average Bonchev–Trinajstić information content (AvgIpc) is 2.48. The van der Waals surface area contributed by atoms with Crippen LogP contribution in [0, 0.1) is 5.92 Å². The molecule has 1 aliphatic heterocycles. The number of methoxy groups -OCH3 is 1. The number of hydrogen-bond donors (Lipinski definition) is 2. The van der Waals surface area contributed by atoms with E-state index in [0.717, 1.165) is 32.4 Å². The highest BCUT2D eigenvalue weighted by molar-refractivity contribution is 7.89. The predicted octanol–water partition coefficient (Wildman–Crippen LogP) is 1.36. The van der Waals surface area contributed by atoms with E-state index in [1.807, 2.05) is 0 Å². The maximum absolute atomic E-state index is 12.1. The molecular weight excluding hydrogens is 276 g/mol. The first-order valence-corrected chi connectivity index (χ1v) is 8.44. The molecule has 2 rings (SSSR count). The van der Waals surface area contributed by atoms with Crippen molar-refractivity contribution < 1.29 is 13.2 Å². The SMILES string of the molecule is COc1ccc(S(=O)(=O)NCCC2CCNCC2)cc1. The van der Waals surface area contributed by atoms with E-state index in [0.29, 0.717) is 18.2 Å². The molecule has 5 nitrogen and oxygen atoms in total. The highest BCUT2D eigenvalue weighted by Crippen LogP contribution is 2.17. The summed E-state index contributed by atoms with van der Waals surface area (Å²) in [5.74, 6) is 1.27. The quantitative estimate of drug-likeness (QED) is 0.832. The molecule has 2 N–H and O–H groups in total. The second kappa shape index (κ2) is 7.06. The second-order valence-electron chi connectivity index (χ2n) is 5.06. The van der Waals surface area contributed by atoms with Gasteiger partial charge in [0, 0.05) is 6.54 Å². The molecule has 0 aliphatic carbocycles. The highest BCUT2D eigenvalue weighted by atomic mass is 32.2. The Labute approximate surface area is 120 Å². The van der Waals surface area contributed by atoms with Crippen LogP contribution in [0.5, 0.6) is 5.75 Å². The average molecular weight is 298 g/mol. The van der Waals surface area contributed by atoms with E-state index in [4.69, 9.17) is 4.74 Å². The fourth-order valence-corrected chi connectivity index (χ4v) is 3.45. The van der Waals surface area contributed by atoms with Crippen molar-refractivity contribution in [3.05, 3.63) is 24.3 Å². The topological polar surface area (TPSA) is 67.4 Å². The molecule has 0 aromatic heterocycles. The van der Waals surface area contributed by atoms with Gasteiger partial charge in [-0.25, -0.2) is 13.1 Å². The predicted molar refractivity (Wildman–Crippen MR) is 78.4 cm³/mol. The molecule has 1 aromatic carbocycles. The Morgan fingerprint density at radius 2 is 1.90 bits per heavy atom. The first-order chi connectivity index (χ1) is 9.62. The van der Waals surface area contributed by atoms with Crippen molar-refractivity contribution in [2.75, 3.05) is 26.7 Å². The molecule has 1 saturated heterocycles. The van der Waals surface area contributed by atoms with Crippen molar-refractivity contribution in [3.8, 4) is 5.75 Å². The van der Waals surface area contributed by atoms with E-state index in [1.54, 1.807) is 31.4 Å². The molecule has 0 spiro atoms. The van der Waals surface area contributed by atoms with Gasteiger partial charge in [-0.2, -0.15) is 0 Å². The maximum atomic E-state index is 12.1. The van der Waals surface area contributed by atoms with Crippen molar-refractivity contribution >= 4 is 10.0 Å². The fraction of sp³-hybridized carbons (Fsp3) is 0.571. The molecule has 0 bridgehead atoms. The Bertz CT molecular complexity index is 508. The number of piperidine rings is 1. The molecule has 0 radical (unpaired) electrons. The van der Waals surface area contributed by atoms with Gasteiger partial charge < -0.3 is 10.1 Å². The van der Waals surface area contributed by atoms with Crippen LogP contribution in [0.2, 0.25) is 0 Å². The summed E-state index contributed by atoms with van der Waals surface area (Å²) in [5, 5.41) is 3.31. The Kier molecular flexibility index (Phi) is 5.39. The lowest BCUT2D eigenvalue weighted by Crippen LogP contribution is -2.31. The van der Waals surface area contributed by atoms with Gasteiger partial charge in [-0.3, -0.25) is 0 Å². The van der Waals surface area contributed by atoms with Crippen molar-refractivity contribution in [2.45, 2.75) is 24.2 Å². The molecule has 20 heavy (non-hydrogen) atoms. The largest absolute Gasteiger partial charge is 0.497 e. The minimum Gasteiger partial charge on any atom is -0.497 e. The lowest BCUT2D eigenvalue weighted by molar-refractivity contribution is 0.354. The van der Waals surface area contributed by atoms with Crippen LogP contribution in [0.3, 0.4) is 0 Å². The van der Waals surface area contributed by atoms with Gasteiger partial charge in [0.25, 0.3) is 0 Å². The first-order valence-electron chi connectivity index (χ1n) is 6.96. The third kappa shape index (κ3) is 4.19. The Morgan fingerprint density at radius 3 is 2.50 bits per heavy atom. The zero-order valence-electron chi connectivity index (χ0n) is 11.8. The molecule has 112 valence electrons. The van der Waals surface area contributed by atoms with E-state index < -0.39 is 10.0 Å². The molecule has 0 saturated carbocycles. The van der Waals surface area contributed by atoms with Gasteiger partial charge in [-0.15, -0.1) is 0 Å². The number of ether oxygens (including phenoxy) is 1. The molecule has 1 aliphatic rings. The number of rotatable bonds is 6. The van der Waals surface area contributed by atoms with E-state index in [2.05, 4.69) is 10.0 Å². The summed E-state index contributed by atoms with van der Waals surface area (Å²) < 4.78 is 31.9. The molecule has 1 aromatic rings. The van der Waals surface area contributed by atoms with Crippen LogP contribution in [0.25, 0.3) is 0 Å². The summed E-state index contributed by atoms with van der Waals surface area (Å²) in [4.78, 5) is 0.281. The van der Waals surface area contributed by atoms with Crippen molar-refractivity contribution in [1.29, 1.82) is 0 Å². The van der Waals surface area contributed by atoms with Gasteiger partial charge in [0.05, 0.1) is 12.0 Å². The van der Waals surface area contributed by atoms with Crippen LogP contribution in [0.15, 0.2) is 29.2 Å². The minimum absolute atomic E-state index is 0.281. The van der Waals surface area contributed by atoms with E-state index >= 15 is 0 Å². The second-order valence-corrected chi connectivity index (χ2v) is 6.82. The summed E-state index contributed by atoms with van der Waals surface area (Å²) >= 11 is 0. The zero-order valence-corrected chi connectivity index (χ0v) is 12.6. The van der Waals surface area contributed by atoms with Crippen LogP contribution in [0.1, 0.15) is 19.3 Å². The Hall–Kier alpha value is -1.11. The van der Waals surface area contributed by atoms with Crippen LogP contribution >= 0.6 is 0 Å². The van der Waals surface area contributed by atoms with Crippen LogP contribution in [-0.4, -0.2) is 35.2 Å². The van der Waals surface area contributed by atoms with Gasteiger partial charge in [0.2, 0.25) is 10.0 Å². The van der Waals surface area contributed by atoms with E-state index in [1.165, 1.54) is 0 Å². The van der Waals surface area contributed by atoms with Gasteiger partial charge in [0.15, 0.2) is 0 Å². The van der Waals surface area contributed by atoms with E-state index in [9.17, 15) is 8.42 Å². The smallest absolute Gasteiger partial charge is 0.240 e. The summed E-state index contributed by atoms with van der Waals surface area (Å²) in [6, 6.07) is 6.43. The van der Waals surface area contributed by atoms with Crippen molar-refractivity contribution in [1.82, 2.24) is 10.0 Å². The third-order valence-electron chi connectivity index (χ3n) is 3.67. The normalized spacial score (nSPS) is 17.1. The van der Waals surface area contributed by atoms with E-state index in [-0.39, 0.29) is 4.90 Å². The molecule has 0 amide bonds. The Morgan fingerprint density at radius 1 is 1.25 bits per heavy atom. The van der Waals surface area contributed by atoms with Gasteiger partial charge in [-0.1, -0.05) is 0 Å². The number of nitrogens with one attached hydrogen (secondary N) is 2. The number of benzene rings is 1. The van der Waals surface area contributed by atoms with Crippen molar-refractivity contribution in [2.24, 2.45) is 5.92 Å². The number of sulfonamides is 1. The van der Waals surface area contributed by atoms with Crippen LogP contribution in [-0.2, 0) is 10.0 Å². The standard InChI is InChI=1S/C14H22N2O3S/c1-19-13-2-4-14(5-3-13)20(17,18)16-11-8-12-6-9-15-10-7-12/h2-5,12,15-16H,6-11H2,1H3. The lowest BCUT2D eigenvalue weighted by atomic mass is 9.95. The van der Waals surface area contributed by atoms with Crippen LogP contribution in [0.4, 0.5) is 0 Å². The van der Waals surface area contributed by atoms with Crippen molar-refractivity contribution in [3.63, 3.8) is 0 Å². The molecule has 6 heteroatoms. The molecule has 1 fully saturated rings. The summed E-state index contributed by atoms with van der Waals surface area (Å²) in [5.41, 5.74) is 0. The van der Waals surface area contributed by atoms with Gasteiger partial charge in [-0.05, 0) is 62.5 Å². The fourth-order valence-electron chi connectivity index (χ4n) is 2.41. The molecular formula is C14H22N2O3S. The summed E-state index contributed by atoms with van der Waals surface area (Å²) in [6.07, 6.45) is 3.16. The van der Waals surface area contributed by atoms with Gasteiger partial charge in [0.1, 0.15) is 5.75 Å². The maximum Gasteiger partial charge on any atom is 0.240 e. The molecule has 0 unspecified atom stereocenters. The monoisotopic (exact) mass is 298 g/mol. The lowest BCUT2D eigenvalue weighted by Gasteiger charge is -2.22. The van der Waals surface area contributed by atoms with Gasteiger partial charge >= 0.3 is 0 Å². The highest BCUT2D eigenvalue weighted by Gasteiger charge is 2.16. The third-order valence-corrected chi connectivity index (χ3v) is 5.15. The minimum atomic E-state index is -3.41. The number of hydrogen-bond acceptors (Lipinski definition) is 4. The molecule has 1 heterocycles. The first kappa shape index (κ1) is 15.3. The zero-order chi connectivity index (χ0) is 14.4. The molecule has 0 atom stereocenters. The summed E-state index contributed by atoms with van der Waals surface area (Å²) in [6.45, 7) is 2.57. The summed E-state index contributed by atoms with van der Waals surface area (Å²) in [7, 11) is -1.85. The van der Waals surface area contributed by atoms with Crippen LogP contribution < -0.4 is 14.8 Å².